The van der Waals surface area contributed by atoms with Crippen molar-refractivity contribution in [3.63, 3.8) is 0 Å². The summed E-state index contributed by atoms with van der Waals surface area (Å²) in [7, 11) is 0. The lowest BCUT2D eigenvalue weighted by Gasteiger charge is -2.20. The van der Waals surface area contributed by atoms with Gasteiger partial charge in [0.1, 0.15) is 6.07 Å². The summed E-state index contributed by atoms with van der Waals surface area (Å²) in [4.78, 5) is 1.08. The number of anilines is 1. The molecule has 1 aromatic rings. The maximum atomic E-state index is 9.35. The minimum Gasteiger partial charge on any atom is -0.381 e. The molecule has 1 aromatic carbocycles. The highest BCUT2D eigenvalue weighted by atomic mass is 32.2. The van der Waals surface area contributed by atoms with E-state index in [0.29, 0.717) is 6.04 Å². The number of nitrogens with zero attached hydrogens (tertiary/aromatic N) is 1. The maximum Gasteiger partial charge on any atom is 0.102 e. The van der Waals surface area contributed by atoms with Gasteiger partial charge in [-0.05, 0) is 55.9 Å². The first-order valence-electron chi connectivity index (χ1n) is 6.67. The second-order valence-electron chi connectivity index (χ2n) is 5.34. The van der Waals surface area contributed by atoms with Crippen LogP contribution < -0.4 is 5.32 Å². The van der Waals surface area contributed by atoms with E-state index in [1.807, 2.05) is 18.4 Å². The molecule has 0 unspecified atom stereocenters. The van der Waals surface area contributed by atoms with Gasteiger partial charge >= 0.3 is 0 Å². The van der Waals surface area contributed by atoms with Gasteiger partial charge in [-0.2, -0.15) is 5.26 Å². The highest BCUT2D eigenvalue weighted by Crippen LogP contribution is 2.46. The van der Waals surface area contributed by atoms with Crippen LogP contribution >= 0.6 is 11.8 Å². The summed E-state index contributed by atoms with van der Waals surface area (Å²) in [5.41, 5.74) is 1.85. The van der Waals surface area contributed by atoms with E-state index in [9.17, 15) is 5.26 Å². The van der Waals surface area contributed by atoms with Crippen LogP contribution in [0.3, 0.4) is 0 Å². The van der Waals surface area contributed by atoms with Gasteiger partial charge in [-0.15, -0.1) is 11.8 Å². The molecule has 0 spiro atoms. The fraction of sp³-hybridized carbons (Fsp3) is 0.533. The zero-order valence-electron chi connectivity index (χ0n) is 10.6. The fourth-order valence-corrected chi connectivity index (χ4v) is 3.22. The molecule has 1 N–H and O–H groups in total. The largest absolute Gasteiger partial charge is 0.381 e. The summed E-state index contributed by atoms with van der Waals surface area (Å²) < 4.78 is 0. The highest BCUT2D eigenvalue weighted by molar-refractivity contribution is 7.98. The second-order valence-corrected chi connectivity index (χ2v) is 6.19. The molecule has 3 heteroatoms. The number of nitriles is 1. The third kappa shape index (κ3) is 2.35. The summed E-state index contributed by atoms with van der Waals surface area (Å²) in [5, 5.41) is 13.0. The Kier molecular flexibility index (Phi) is 3.22. The molecule has 2 aliphatic carbocycles. The number of hydrogen-bond acceptors (Lipinski definition) is 3. The van der Waals surface area contributed by atoms with Crippen molar-refractivity contribution in [2.75, 3.05) is 11.6 Å². The molecule has 2 fully saturated rings. The SMILES string of the molecule is CSc1cccc(NC(C2CC2)C2CC2)c1C#N. The van der Waals surface area contributed by atoms with E-state index in [1.165, 1.54) is 25.7 Å². The molecule has 0 bridgehead atoms. The Morgan fingerprint density at radius 2 is 1.94 bits per heavy atom. The quantitative estimate of drug-likeness (QED) is 0.814. The molecule has 0 aliphatic heterocycles. The molecule has 94 valence electrons. The van der Waals surface area contributed by atoms with Crippen LogP contribution in [-0.4, -0.2) is 12.3 Å². The summed E-state index contributed by atoms with van der Waals surface area (Å²) in [5.74, 6) is 1.70. The lowest BCUT2D eigenvalue weighted by Crippen LogP contribution is -2.24. The number of nitrogens with one attached hydrogen (secondary N) is 1. The third-order valence-corrected chi connectivity index (χ3v) is 4.72. The van der Waals surface area contributed by atoms with Crippen molar-refractivity contribution in [1.82, 2.24) is 0 Å². The predicted molar refractivity (Wildman–Crippen MR) is 75.8 cm³/mol. The molecule has 0 aromatic heterocycles. The van der Waals surface area contributed by atoms with Crippen LogP contribution in [0.4, 0.5) is 5.69 Å². The number of rotatable bonds is 5. The minimum absolute atomic E-state index is 0.606. The van der Waals surface area contributed by atoms with Gasteiger partial charge in [0.05, 0.1) is 11.3 Å². The normalized spacial score (nSPS) is 18.7. The number of benzene rings is 1. The Hall–Kier alpha value is -1.14. The Labute approximate surface area is 113 Å². The van der Waals surface area contributed by atoms with Crippen LogP contribution in [0.1, 0.15) is 31.2 Å². The smallest absolute Gasteiger partial charge is 0.102 e. The van der Waals surface area contributed by atoms with Gasteiger partial charge in [-0.25, -0.2) is 0 Å². The molecular weight excluding hydrogens is 240 g/mol. The van der Waals surface area contributed by atoms with E-state index < -0.39 is 0 Å². The van der Waals surface area contributed by atoms with Crippen molar-refractivity contribution in [1.29, 1.82) is 5.26 Å². The van der Waals surface area contributed by atoms with Gasteiger partial charge < -0.3 is 5.32 Å². The zero-order chi connectivity index (χ0) is 12.5. The topological polar surface area (TPSA) is 35.8 Å². The molecule has 2 saturated carbocycles. The van der Waals surface area contributed by atoms with E-state index in [2.05, 4.69) is 17.5 Å². The fourth-order valence-electron chi connectivity index (χ4n) is 2.65. The molecule has 3 rings (SSSR count). The predicted octanol–water partition coefficient (Wildman–Crippen LogP) is 3.88. The van der Waals surface area contributed by atoms with E-state index in [0.717, 1.165) is 28.0 Å². The van der Waals surface area contributed by atoms with Gasteiger partial charge in [0.15, 0.2) is 0 Å². The standard InChI is InChI=1S/C15H18N2S/c1-18-14-4-2-3-13(12(14)9-16)17-15(10-5-6-10)11-7-8-11/h2-4,10-11,15,17H,5-8H2,1H3. The van der Waals surface area contributed by atoms with E-state index in [1.54, 1.807) is 11.8 Å². The van der Waals surface area contributed by atoms with Gasteiger partial charge in [0, 0.05) is 10.9 Å². The lowest BCUT2D eigenvalue weighted by molar-refractivity contribution is 0.567. The maximum absolute atomic E-state index is 9.35. The van der Waals surface area contributed by atoms with Crippen LogP contribution in [0.15, 0.2) is 23.1 Å². The van der Waals surface area contributed by atoms with Gasteiger partial charge in [-0.1, -0.05) is 6.07 Å². The van der Waals surface area contributed by atoms with Gasteiger partial charge in [0.2, 0.25) is 0 Å². The molecule has 2 aliphatic rings. The van der Waals surface area contributed by atoms with Crippen molar-refractivity contribution in [2.45, 2.75) is 36.6 Å². The van der Waals surface area contributed by atoms with E-state index in [-0.39, 0.29) is 0 Å². The van der Waals surface area contributed by atoms with E-state index in [4.69, 9.17) is 0 Å². The Bertz CT molecular complexity index is 472. The molecule has 0 radical (unpaired) electrons. The van der Waals surface area contributed by atoms with Crippen LogP contribution in [0.2, 0.25) is 0 Å². The number of hydrogen-bond donors (Lipinski definition) is 1. The summed E-state index contributed by atoms with van der Waals surface area (Å²) in [6.07, 6.45) is 7.46. The zero-order valence-corrected chi connectivity index (χ0v) is 11.5. The number of thioether (sulfide) groups is 1. The summed E-state index contributed by atoms with van der Waals surface area (Å²) in [6, 6.07) is 9.09. The molecular formula is C15H18N2S. The van der Waals surface area contributed by atoms with Crippen molar-refractivity contribution in [3.8, 4) is 6.07 Å². The monoisotopic (exact) mass is 258 g/mol. The van der Waals surface area contributed by atoms with Gasteiger partial charge in [0.25, 0.3) is 0 Å². The molecule has 0 heterocycles. The summed E-state index contributed by atoms with van der Waals surface area (Å²) >= 11 is 1.65. The Morgan fingerprint density at radius 1 is 1.28 bits per heavy atom. The van der Waals surface area contributed by atoms with Crippen LogP contribution in [0.5, 0.6) is 0 Å². The summed E-state index contributed by atoms with van der Waals surface area (Å²) in [6.45, 7) is 0. The lowest BCUT2D eigenvalue weighted by atomic mass is 10.1. The molecule has 18 heavy (non-hydrogen) atoms. The van der Waals surface area contributed by atoms with Crippen molar-refractivity contribution in [2.24, 2.45) is 11.8 Å². The van der Waals surface area contributed by atoms with Gasteiger partial charge in [-0.3, -0.25) is 0 Å². The highest BCUT2D eigenvalue weighted by Gasteiger charge is 2.41. The average molecular weight is 258 g/mol. The van der Waals surface area contributed by atoms with Crippen molar-refractivity contribution >= 4 is 17.4 Å². The minimum atomic E-state index is 0.606. The average Bonchev–Trinajstić information content (AvgIpc) is 3.28. The Balaban J connectivity index is 1.84. The molecule has 0 amide bonds. The third-order valence-electron chi connectivity index (χ3n) is 3.94. The molecule has 0 saturated heterocycles. The van der Waals surface area contributed by atoms with Crippen molar-refractivity contribution < 1.29 is 0 Å². The Morgan fingerprint density at radius 3 is 2.44 bits per heavy atom. The first-order chi connectivity index (χ1) is 8.83. The van der Waals surface area contributed by atoms with Crippen molar-refractivity contribution in [3.05, 3.63) is 23.8 Å². The first kappa shape index (κ1) is 11.9. The van der Waals surface area contributed by atoms with Crippen LogP contribution in [-0.2, 0) is 0 Å². The second kappa shape index (κ2) is 4.85. The molecule has 0 atom stereocenters. The van der Waals surface area contributed by atoms with E-state index >= 15 is 0 Å². The molecule has 2 nitrogen and oxygen atoms in total. The van der Waals surface area contributed by atoms with Crippen LogP contribution in [0, 0.1) is 23.2 Å². The first-order valence-corrected chi connectivity index (χ1v) is 7.89. The van der Waals surface area contributed by atoms with Crippen LogP contribution in [0.25, 0.3) is 0 Å².